The molecule has 1 heterocycles. The molecule has 4 fully saturated rings. The summed E-state index contributed by atoms with van der Waals surface area (Å²) < 4.78 is 5.14. The van der Waals surface area contributed by atoms with E-state index in [4.69, 9.17) is 4.74 Å². The number of methoxy groups -OCH3 is 1. The van der Waals surface area contributed by atoms with Gasteiger partial charge < -0.3 is 10.1 Å². The minimum atomic E-state index is -0.0724. The molecule has 0 radical (unpaired) electrons. The highest BCUT2D eigenvalue weighted by atomic mass is 16.5. The van der Waals surface area contributed by atoms with Crippen LogP contribution in [0, 0.1) is 29.6 Å². The molecule has 0 spiro atoms. The Bertz CT molecular complexity index is 800. The van der Waals surface area contributed by atoms with Gasteiger partial charge in [-0.1, -0.05) is 0 Å². The van der Waals surface area contributed by atoms with Crippen molar-refractivity contribution in [1.29, 1.82) is 0 Å². The Morgan fingerprint density at radius 1 is 0.931 bits per heavy atom. The van der Waals surface area contributed by atoms with Crippen LogP contribution in [-0.4, -0.2) is 35.8 Å². The van der Waals surface area contributed by atoms with Crippen LogP contribution in [0.25, 0.3) is 0 Å². The largest absolute Gasteiger partial charge is 0.497 e. The number of nitrogens with one attached hydrogen (secondary N) is 1. The number of hydrogen-bond donors (Lipinski definition) is 1. The number of anilines is 1. The molecule has 3 saturated carbocycles. The Morgan fingerprint density at radius 3 is 2.07 bits per heavy atom. The summed E-state index contributed by atoms with van der Waals surface area (Å²) in [5.41, 5.74) is 0.756. The number of amides is 3. The van der Waals surface area contributed by atoms with E-state index in [1.54, 1.807) is 12.0 Å². The predicted molar refractivity (Wildman–Crippen MR) is 107 cm³/mol. The van der Waals surface area contributed by atoms with Gasteiger partial charge in [0, 0.05) is 17.6 Å². The molecule has 1 aromatic carbocycles. The fourth-order valence-corrected chi connectivity index (χ4v) is 6.31. The van der Waals surface area contributed by atoms with Crippen molar-refractivity contribution < 1.29 is 19.1 Å². The second-order valence-electron chi connectivity index (χ2n) is 9.15. The number of rotatable bonds is 4. The molecule has 0 aromatic heterocycles. The number of imide groups is 1. The topological polar surface area (TPSA) is 75.7 Å². The molecule has 1 N–H and O–H groups in total. The molecule has 3 amide bonds. The zero-order chi connectivity index (χ0) is 20.1. The molecule has 154 valence electrons. The van der Waals surface area contributed by atoms with Gasteiger partial charge in [0.25, 0.3) is 0 Å². The molecule has 4 atom stereocenters. The first-order valence-electron chi connectivity index (χ1n) is 10.9. The standard InChI is InChI=1S/C23H28N2O4/c1-29-18-10-6-16(7-11-18)24-21(26)13-4-8-17(9-5-13)25-22(27)19-14-2-3-15(12-14)20(19)23(25)28/h6-7,10-11,13-15,17,19-20H,2-5,8-9,12H2,1H3,(H,24,26)/t13?,14-,15+,17?,19-,20-/m0/s1. The van der Waals surface area contributed by atoms with E-state index in [0.29, 0.717) is 24.7 Å². The van der Waals surface area contributed by atoms with E-state index in [9.17, 15) is 14.4 Å². The van der Waals surface area contributed by atoms with Gasteiger partial charge in [-0.05, 0) is 81.0 Å². The molecule has 6 heteroatoms. The highest BCUT2D eigenvalue weighted by Crippen LogP contribution is 2.56. The van der Waals surface area contributed by atoms with Gasteiger partial charge in [0.1, 0.15) is 5.75 Å². The van der Waals surface area contributed by atoms with Gasteiger partial charge >= 0.3 is 0 Å². The third-order valence-corrected chi connectivity index (χ3v) is 7.75. The van der Waals surface area contributed by atoms with Gasteiger partial charge in [0.2, 0.25) is 17.7 Å². The number of nitrogens with zero attached hydrogens (tertiary/aromatic N) is 1. The van der Waals surface area contributed by atoms with Crippen molar-refractivity contribution in [2.24, 2.45) is 29.6 Å². The van der Waals surface area contributed by atoms with Gasteiger partial charge in [-0.2, -0.15) is 0 Å². The number of benzene rings is 1. The maximum atomic E-state index is 13.0. The van der Waals surface area contributed by atoms with Crippen LogP contribution >= 0.6 is 0 Å². The number of ether oxygens (including phenoxy) is 1. The highest BCUT2D eigenvalue weighted by molar-refractivity contribution is 6.06. The lowest BCUT2D eigenvalue weighted by molar-refractivity contribution is -0.144. The van der Waals surface area contributed by atoms with Crippen LogP contribution in [0.1, 0.15) is 44.9 Å². The Balaban J connectivity index is 1.19. The first-order valence-corrected chi connectivity index (χ1v) is 10.9. The number of carbonyl (C=O) groups is 3. The van der Waals surface area contributed by atoms with Gasteiger partial charge in [0.05, 0.1) is 18.9 Å². The molecular formula is C23H28N2O4. The van der Waals surface area contributed by atoms with E-state index in [1.807, 2.05) is 24.3 Å². The average molecular weight is 396 g/mol. The summed E-state index contributed by atoms with van der Waals surface area (Å²) in [4.78, 5) is 40.3. The van der Waals surface area contributed by atoms with Crippen LogP contribution in [0.15, 0.2) is 24.3 Å². The molecule has 4 aliphatic rings. The first-order chi connectivity index (χ1) is 14.1. The molecule has 6 nitrogen and oxygen atoms in total. The quantitative estimate of drug-likeness (QED) is 0.793. The third kappa shape index (κ3) is 3.04. The Labute approximate surface area is 171 Å². The van der Waals surface area contributed by atoms with E-state index >= 15 is 0 Å². The second kappa shape index (κ2) is 7.15. The fraction of sp³-hybridized carbons (Fsp3) is 0.609. The zero-order valence-electron chi connectivity index (χ0n) is 16.8. The summed E-state index contributed by atoms with van der Waals surface area (Å²) >= 11 is 0. The molecule has 1 saturated heterocycles. The summed E-state index contributed by atoms with van der Waals surface area (Å²) in [7, 11) is 1.61. The van der Waals surface area contributed by atoms with Gasteiger partial charge in [-0.25, -0.2) is 0 Å². The van der Waals surface area contributed by atoms with Crippen molar-refractivity contribution >= 4 is 23.4 Å². The summed E-state index contributed by atoms with van der Waals surface area (Å²) in [5, 5.41) is 2.98. The Morgan fingerprint density at radius 2 is 1.52 bits per heavy atom. The zero-order valence-corrected chi connectivity index (χ0v) is 16.8. The van der Waals surface area contributed by atoms with Crippen LogP contribution in [0.3, 0.4) is 0 Å². The number of likely N-dealkylation sites (tertiary alicyclic amines) is 1. The summed E-state index contributed by atoms with van der Waals surface area (Å²) in [6.07, 6.45) is 6.17. The number of carbonyl (C=O) groups excluding carboxylic acids is 3. The van der Waals surface area contributed by atoms with Crippen molar-refractivity contribution in [2.75, 3.05) is 12.4 Å². The van der Waals surface area contributed by atoms with Crippen LogP contribution in [0.2, 0.25) is 0 Å². The lowest BCUT2D eigenvalue weighted by Gasteiger charge is -2.33. The van der Waals surface area contributed by atoms with E-state index < -0.39 is 0 Å². The average Bonchev–Trinajstić information content (AvgIpc) is 3.42. The molecule has 5 rings (SSSR count). The summed E-state index contributed by atoms with van der Waals surface area (Å²) in [5.74, 6) is 1.63. The predicted octanol–water partition coefficient (Wildman–Crippen LogP) is 3.22. The third-order valence-electron chi connectivity index (χ3n) is 7.75. The number of fused-ring (bicyclic) bond motifs is 5. The normalized spacial score (nSPS) is 35.7. The second-order valence-corrected chi connectivity index (χ2v) is 9.15. The molecule has 1 aliphatic heterocycles. The molecule has 1 aromatic rings. The van der Waals surface area contributed by atoms with Crippen molar-refractivity contribution in [3.63, 3.8) is 0 Å². The van der Waals surface area contributed by atoms with Crippen LogP contribution in [0.5, 0.6) is 5.75 Å². The maximum Gasteiger partial charge on any atom is 0.233 e. The molecule has 0 unspecified atom stereocenters. The highest BCUT2D eigenvalue weighted by Gasteiger charge is 2.61. The van der Waals surface area contributed by atoms with Crippen molar-refractivity contribution in [3.05, 3.63) is 24.3 Å². The van der Waals surface area contributed by atoms with E-state index in [0.717, 1.165) is 43.5 Å². The summed E-state index contributed by atoms with van der Waals surface area (Å²) in [6.45, 7) is 0. The fourth-order valence-electron chi connectivity index (χ4n) is 6.31. The summed E-state index contributed by atoms with van der Waals surface area (Å²) in [6, 6.07) is 7.28. The minimum absolute atomic E-state index is 0.0163. The lowest BCUT2D eigenvalue weighted by Crippen LogP contribution is -2.44. The van der Waals surface area contributed by atoms with Crippen LogP contribution in [-0.2, 0) is 14.4 Å². The van der Waals surface area contributed by atoms with Crippen LogP contribution < -0.4 is 10.1 Å². The van der Waals surface area contributed by atoms with Crippen molar-refractivity contribution in [3.8, 4) is 5.75 Å². The molecule has 2 bridgehead atoms. The Hall–Kier alpha value is -2.37. The van der Waals surface area contributed by atoms with Crippen molar-refractivity contribution in [2.45, 2.75) is 51.0 Å². The van der Waals surface area contributed by atoms with E-state index in [1.165, 1.54) is 0 Å². The van der Waals surface area contributed by atoms with Gasteiger partial charge in [0.15, 0.2) is 0 Å². The lowest BCUT2D eigenvalue weighted by atomic mass is 9.81. The molecule has 3 aliphatic carbocycles. The van der Waals surface area contributed by atoms with E-state index in [2.05, 4.69) is 5.32 Å². The van der Waals surface area contributed by atoms with Gasteiger partial charge in [-0.3, -0.25) is 19.3 Å². The smallest absolute Gasteiger partial charge is 0.233 e. The van der Waals surface area contributed by atoms with Crippen molar-refractivity contribution in [1.82, 2.24) is 4.90 Å². The minimum Gasteiger partial charge on any atom is -0.497 e. The maximum absolute atomic E-state index is 13.0. The Kier molecular flexibility index (Phi) is 4.60. The van der Waals surface area contributed by atoms with Crippen LogP contribution in [0.4, 0.5) is 5.69 Å². The molecule has 29 heavy (non-hydrogen) atoms. The van der Waals surface area contributed by atoms with Gasteiger partial charge in [-0.15, -0.1) is 0 Å². The first kappa shape index (κ1) is 18.6. The molecular weight excluding hydrogens is 368 g/mol. The monoisotopic (exact) mass is 396 g/mol. The van der Waals surface area contributed by atoms with E-state index in [-0.39, 0.29) is 41.5 Å². The SMILES string of the molecule is COc1ccc(NC(=O)C2CCC(N3C(=O)[C@H]4[C@@H]5CC[C@@H](C5)[C@@H]4C3=O)CC2)cc1. The number of hydrogen-bond acceptors (Lipinski definition) is 4.